The van der Waals surface area contributed by atoms with E-state index in [0.717, 1.165) is 31.6 Å². The molecule has 39 heavy (non-hydrogen) atoms. The highest BCUT2D eigenvalue weighted by atomic mass is 19.1. The summed E-state index contributed by atoms with van der Waals surface area (Å²) in [7, 11) is 1.47. The van der Waals surface area contributed by atoms with Gasteiger partial charge in [0.2, 0.25) is 17.8 Å². The van der Waals surface area contributed by atoms with Gasteiger partial charge in [-0.2, -0.15) is 20.1 Å². The van der Waals surface area contributed by atoms with E-state index in [1.54, 1.807) is 24.4 Å². The first-order valence-corrected chi connectivity index (χ1v) is 12.4. The predicted octanol–water partition coefficient (Wildman–Crippen LogP) is 5.03. The van der Waals surface area contributed by atoms with E-state index in [-0.39, 0.29) is 11.3 Å². The topological polar surface area (TPSA) is 114 Å². The number of ether oxygens (including phenoxy) is 2. The molecule has 1 aliphatic rings. The smallest absolute Gasteiger partial charge is 0.343 e. The average Bonchev–Trinajstić information content (AvgIpc) is 3.50. The molecular weight excluding hydrogens is 501 g/mol. The van der Waals surface area contributed by atoms with Crippen LogP contribution in [0.25, 0.3) is 0 Å². The zero-order valence-corrected chi connectivity index (χ0v) is 21.2. The Morgan fingerprint density at radius 3 is 2.44 bits per heavy atom. The summed E-state index contributed by atoms with van der Waals surface area (Å²) in [6, 6.07) is 19.7. The Hall–Kier alpha value is -5.06. The highest BCUT2D eigenvalue weighted by Crippen LogP contribution is 2.28. The van der Waals surface area contributed by atoms with Gasteiger partial charge in [0.05, 0.1) is 18.9 Å². The van der Waals surface area contributed by atoms with Gasteiger partial charge in [0.15, 0.2) is 11.5 Å². The first kappa shape index (κ1) is 25.6. The van der Waals surface area contributed by atoms with E-state index in [2.05, 4.69) is 35.7 Å². The van der Waals surface area contributed by atoms with Crippen LogP contribution in [0.1, 0.15) is 28.8 Å². The molecular formula is C28H26FN7O3. The van der Waals surface area contributed by atoms with Gasteiger partial charge >= 0.3 is 5.97 Å². The molecule has 0 unspecified atom stereocenters. The van der Waals surface area contributed by atoms with Crippen molar-refractivity contribution in [1.82, 2.24) is 15.0 Å². The average molecular weight is 528 g/mol. The van der Waals surface area contributed by atoms with Crippen LogP contribution in [0.3, 0.4) is 0 Å². The molecule has 11 heteroatoms. The molecule has 198 valence electrons. The van der Waals surface area contributed by atoms with Crippen molar-refractivity contribution in [1.29, 1.82) is 0 Å². The second kappa shape index (κ2) is 12.0. The van der Waals surface area contributed by atoms with Crippen LogP contribution in [0.5, 0.6) is 11.5 Å². The van der Waals surface area contributed by atoms with Gasteiger partial charge in [-0.3, -0.25) is 0 Å². The van der Waals surface area contributed by atoms with Crippen molar-refractivity contribution in [2.24, 2.45) is 5.10 Å². The van der Waals surface area contributed by atoms with Gasteiger partial charge in [-0.15, -0.1) is 0 Å². The van der Waals surface area contributed by atoms with Crippen molar-refractivity contribution in [3.05, 3.63) is 89.7 Å². The number of nitrogens with one attached hydrogen (secondary N) is 2. The summed E-state index contributed by atoms with van der Waals surface area (Å²) < 4.78 is 24.0. The minimum atomic E-state index is -0.625. The molecule has 1 aromatic heterocycles. The van der Waals surface area contributed by atoms with E-state index in [4.69, 9.17) is 9.47 Å². The third-order valence-corrected chi connectivity index (χ3v) is 5.89. The lowest BCUT2D eigenvalue weighted by atomic mass is 10.2. The summed E-state index contributed by atoms with van der Waals surface area (Å²) in [6.45, 7) is 1.77. The van der Waals surface area contributed by atoms with Gasteiger partial charge in [-0.25, -0.2) is 14.6 Å². The van der Waals surface area contributed by atoms with Crippen LogP contribution in [0.15, 0.2) is 77.9 Å². The van der Waals surface area contributed by atoms with Crippen LogP contribution in [0.4, 0.5) is 27.9 Å². The maximum absolute atomic E-state index is 13.1. The zero-order chi connectivity index (χ0) is 27.0. The Bertz CT molecular complexity index is 1460. The van der Waals surface area contributed by atoms with Gasteiger partial charge in [0.1, 0.15) is 5.82 Å². The summed E-state index contributed by atoms with van der Waals surface area (Å²) in [5.41, 5.74) is 4.64. The molecule has 0 aliphatic carbocycles. The Morgan fingerprint density at radius 1 is 0.949 bits per heavy atom. The van der Waals surface area contributed by atoms with Gasteiger partial charge in [0, 0.05) is 18.8 Å². The second-order valence-corrected chi connectivity index (χ2v) is 8.64. The van der Waals surface area contributed by atoms with Gasteiger partial charge in [-0.1, -0.05) is 18.2 Å². The van der Waals surface area contributed by atoms with Crippen molar-refractivity contribution in [3.63, 3.8) is 0 Å². The summed E-state index contributed by atoms with van der Waals surface area (Å²) in [5.74, 6) is 0.770. The quantitative estimate of drug-likeness (QED) is 0.134. The van der Waals surface area contributed by atoms with Crippen LogP contribution in [-0.2, 0) is 0 Å². The summed E-state index contributed by atoms with van der Waals surface area (Å²) in [6.07, 6.45) is 3.74. The molecule has 5 rings (SSSR count). The van der Waals surface area contributed by atoms with Crippen LogP contribution >= 0.6 is 0 Å². The van der Waals surface area contributed by atoms with E-state index in [0.29, 0.717) is 29.2 Å². The molecule has 10 nitrogen and oxygen atoms in total. The highest BCUT2D eigenvalue weighted by molar-refractivity contribution is 5.91. The van der Waals surface area contributed by atoms with Gasteiger partial charge in [0.25, 0.3) is 0 Å². The molecule has 1 saturated heterocycles. The SMILES string of the molecule is COc1cc(/C=N/Nc2nc(Nc3ccccc3)nc(N3CCCC3)n2)ccc1OC(=O)c1ccc(F)cc1. The fourth-order valence-electron chi connectivity index (χ4n) is 3.94. The lowest BCUT2D eigenvalue weighted by Gasteiger charge is -2.16. The number of rotatable bonds is 9. The number of hydrogen-bond donors (Lipinski definition) is 2. The molecule has 0 bridgehead atoms. The number of carbonyl (C=O) groups is 1. The summed E-state index contributed by atoms with van der Waals surface area (Å²) in [4.78, 5) is 28.1. The van der Waals surface area contributed by atoms with Crippen molar-refractivity contribution in [2.75, 3.05) is 35.8 Å². The number of benzene rings is 3. The van der Waals surface area contributed by atoms with Crippen molar-refractivity contribution in [3.8, 4) is 11.5 Å². The largest absolute Gasteiger partial charge is 0.493 e. The number of para-hydroxylation sites is 1. The van der Waals surface area contributed by atoms with Crippen molar-refractivity contribution < 1.29 is 18.7 Å². The minimum absolute atomic E-state index is 0.222. The minimum Gasteiger partial charge on any atom is -0.493 e. The fraction of sp³-hybridized carbons (Fsp3) is 0.179. The molecule has 1 fully saturated rings. The Balaban J connectivity index is 1.30. The van der Waals surface area contributed by atoms with Crippen LogP contribution in [0.2, 0.25) is 0 Å². The van der Waals surface area contributed by atoms with E-state index in [1.807, 2.05) is 30.3 Å². The molecule has 1 aliphatic heterocycles. The number of anilines is 4. The Morgan fingerprint density at radius 2 is 1.69 bits per heavy atom. The molecule has 0 spiro atoms. The van der Waals surface area contributed by atoms with Gasteiger partial charge < -0.3 is 19.7 Å². The monoisotopic (exact) mass is 527 g/mol. The maximum Gasteiger partial charge on any atom is 0.343 e. The number of hydrogen-bond acceptors (Lipinski definition) is 10. The number of esters is 1. The number of carbonyl (C=O) groups excluding carboxylic acids is 1. The lowest BCUT2D eigenvalue weighted by Crippen LogP contribution is -2.21. The van der Waals surface area contributed by atoms with Crippen LogP contribution in [-0.4, -0.2) is 47.3 Å². The van der Waals surface area contributed by atoms with Crippen molar-refractivity contribution in [2.45, 2.75) is 12.8 Å². The van der Waals surface area contributed by atoms with Gasteiger partial charge in [-0.05, 0) is 73.0 Å². The van der Waals surface area contributed by atoms with Crippen LogP contribution in [0, 0.1) is 5.82 Å². The molecule has 3 aromatic carbocycles. The third kappa shape index (κ3) is 6.63. The molecule has 0 saturated carbocycles. The number of aromatic nitrogens is 3. The van der Waals surface area contributed by atoms with Crippen molar-refractivity contribution >= 4 is 35.7 Å². The molecule has 0 amide bonds. The molecule has 2 N–H and O–H groups in total. The molecule has 2 heterocycles. The maximum atomic E-state index is 13.1. The number of halogens is 1. The highest BCUT2D eigenvalue weighted by Gasteiger charge is 2.18. The third-order valence-electron chi connectivity index (χ3n) is 5.89. The summed E-state index contributed by atoms with van der Waals surface area (Å²) >= 11 is 0. The first-order chi connectivity index (χ1) is 19.1. The number of nitrogens with zero attached hydrogens (tertiary/aromatic N) is 5. The second-order valence-electron chi connectivity index (χ2n) is 8.64. The summed E-state index contributed by atoms with van der Waals surface area (Å²) in [5, 5.41) is 7.49. The Kier molecular flexibility index (Phi) is 7.87. The van der Waals surface area contributed by atoms with E-state index in [9.17, 15) is 9.18 Å². The Labute approximate surface area is 224 Å². The standard InChI is InChI=1S/C28H26FN7O3/c1-38-24-17-19(9-14-23(24)39-25(37)20-10-12-21(29)13-11-20)18-30-35-27-32-26(31-22-7-3-2-4-8-22)33-28(34-27)36-15-5-6-16-36/h2-4,7-14,17-18H,5-6,15-16H2,1H3,(H2,31,32,33,34,35)/b30-18+. The molecule has 0 atom stereocenters. The fourth-order valence-corrected chi connectivity index (χ4v) is 3.94. The van der Waals surface area contributed by atoms with E-state index in [1.165, 1.54) is 31.4 Å². The number of hydrazone groups is 1. The predicted molar refractivity (Wildman–Crippen MR) is 147 cm³/mol. The molecule has 4 aromatic rings. The van der Waals surface area contributed by atoms with Crippen LogP contribution < -0.4 is 25.1 Å². The lowest BCUT2D eigenvalue weighted by molar-refractivity contribution is 0.0729. The van der Waals surface area contributed by atoms with E-state index < -0.39 is 11.8 Å². The molecule has 0 radical (unpaired) electrons. The normalized spacial score (nSPS) is 12.9. The zero-order valence-electron chi connectivity index (χ0n) is 21.2. The number of methoxy groups -OCH3 is 1. The first-order valence-electron chi connectivity index (χ1n) is 12.4. The van der Waals surface area contributed by atoms with E-state index >= 15 is 0 Å².